The minimum absolute atomic E-state index is 0.180. The third-order valence-corrected chi connectivity index (χ3v) is 3.26. The highest BCUT2D eigenvalue weighted by Crippen LogP contribution is 2.25. The molecule has 0 spiro atoms. The molecule has 1 unspecified atom stereocenters. The third-order valence-electron chi connectivity index (χ3n) is 3.26. The summed E-state index contributed by atoms with van der Waals surface area (Å²) in [7, 11) is 0. The van der Waals surface area contributed by atoms with E-state index in [1.807, 2.05) is 0 Å². The lowest BCUT2D eigenvalue weighted by molar-refractivity contribution is 0.455. The van der Waals surface area contributed by atoms with Gasteiger partial charge in [-0.3, -0.25) is 0 Å². The molecule has 0 heterocycles. The Labute approximate surface area is 87.3 Å². The van der Waals surface area contributed by atoms with E-state index in [1.54, 1.807) is 0 Å². The molecule has 1 heteroatoms. The van der Waals surface area contributed by atoms with Crippen LogP contribution in [0.5, 0.6) is 0 Å². The molecule has 0 aliphatic heterocycles. The lowest BCUT2D eigenvalue weighted by atomic mass is 9.89. The second-order valence-corrected chi connectivity index (χ2v) is 4.20. The monoisotopic (exact) mass is 191 g/mol. The first-order valence-electron chi connectivity index (χ1n) is 5.39. The largest absolute Gasteiger partial charge is 0.324 e. The fourth-order valence-corrected chi connectivity index (χ4v) is 1.70. The number of rotatable bonds is 3. The van der Waals surface area contributed by atoms with Gasteiger partial charge in [0.25, 0.3) is 0 Å². The highest BCUT2D eigenvalue weighted by atomic mass is 14.6. The fraction of sp³-hybridized carbons (Fsp3) is 0.538. The van der Waals surface area contributed by atoms with Crippen molar-refractivity contribution in [2.45, 2.75) is 40.2 Å². The molecule has 0 aliphatic rings. The molecular weight excluding hydrogens is 170 g/mol. The lowest BCUT2D eigenvalue weighted by Crippen LogP contribution is -2.19. The highest BCUT2D eigenvalue weighted by Gasteiger charge is 2.15. The Morgan fingerprint density at radius 2 is 1.93 bits per heavy atom. The van der Waals surface area contributed by atoms with Crippen molar-refractivity contribution in [2.75, 3.05) is 0 Å². The van der Waals surface area contributed by atoms with Gasteiger partial charge in [-0.25, -0.2) is 0 Å². The first-order valence-corrected chi connectivity index (χ1v) is 5.39. The zero-order chi connectivity index (χ0) is 10.7. The molecule has 0 aromatic heterocycles. The van der Waals surface area contributed by atoms with E-state index in [1.165, 1.54) is 16.7 Å². The van der Waals surface area contributed by atoms with E-state index in [2.05, 4.69) is 45.9 Å². The first-order chi connectivity index (χ1) is 6.57. The SMILES string of the molecule is CCC(C)[C@@H](N)c1cccc(C)c1C. The Hall–Kier alpha value is -0.820. The molecule has 0 saturated heterocycles. The van der Waals surface area contributed by atoms with E-state index in [0.717, 1.165) is 6.42 Å². The second kappa shape index (κ2) is 4.61. The average Bonchev–Trinajstić information content (AvgIpc) is 2.20. The standard InChI is InChI=1S/C13H21N/c1-5-9(2)13(14)12-8-6-7-10(3)11(12)4/h6-9,13H,5,14H2,1-4H3/t9?,13-/m1/s1. The Morgan fingerprint density at radius 3 is 2.50 bits per heavy atom. The molecule has 1 rings (SSSR count). The van der Waals surface area contributed by atoms with Gasteiger partial charge in [-0.15, -0.1) is 0 Å². The Morgan fingerprint density at radius 1 is 1.29 bits per heavy atom. The van der Waals surface area contributed by atoms with E-state index in [4.69, 9.17) is 5.73 Å². The molecule has 1 nitrogen and oxygen atoms in total. The molecule has 0 amide bonds. The second-order valence-electron chi connectivity index (χ2n) is 4.20. The molecule has 0 saturated carbocycles. The van der Waals surface area contributed by atoms with Crippen molar-refractivity contribution in [2.24, 2.45) is 11.7 Å². The number of aryl methyl sites for hydroxylation is 1. The number of hydrogen-bond donors (Lipinski definition) is 1. The summed E-state index contributed by atoms with van der Waals surface area (Å²) in [6.07, 6.45) is 1.13. The van der Waals surface area contributed by atoms with Gasteiger partial charge in [-0.05, 0) is 36.5 Å². The van der Waals surface area contributed by atoms with Gasteiger partial charge in [0.2, 0.25) is 0 Å². The topological polar surface area (TPSA) is 26.0 Å². The summed E-state index contributed by atoms with van der Waals surface area (Å²) in [6.45, 7) is 8.71. The third kappa shape index (κ3) is 2.16. The van der Waals surface area contributed by atoms with Crippen molar-refractivity contribution in [3.05, 3.63) is 34.9 Å². The van der Waals surface area contributed by atoms with Gasteiger partial charge in [0, 0.05) is 6.04 Å². The molecule has 78 valence electrons. The van der Waals surface area contributed by atoms with Gasteiger partial charge in [0.15, 0.2) is 0 Å². The summed E-state index contributed by atoms with van der Waals surface area (Å²) in [4.78, 5) is 0. The van der Waals surface area contributed by atoms with Crippen LogP contribution in [0.2, 0.25) is 0 Å². The predicted molar refractivity (Wildman–Crippen MR) is 62.3 cm³/mol. The minimum atomic E-state index is 0.180. The number of hydrogen-bond acceptors (Lipinski definition) is 1. The van der Waals surface area contributed by atoms with Crippen LogP contribution in [0.4, 0.5) is 0 Å². The Bertz CT molecular complexity index is 304. The van der Waals surface area contributed by atoms with Crippen LogP contribution in [0.1, 0.15) is 43.0 Å². The maximum Gasteiger partial charge on any atom is 0.0323 e. The van der Waals surface area contributed by atoms with Crippen molar-refractivity contribution >= 4 is 0 Å². The maximum absolute atomic E-state index is 6.22. The summed E-state index contributed by atoms with van der Waals surface area (Å²) in [5, 5.41) is 0. The van der Waals surface area contributed by atoms with Crippen LogP contribution in [0, 0.1) is 19.8 Å². The van der Waals surface area contributed by atoms with Crippen LogP contribution < -0.4 is 5.73 Å². The molecule has 0 aliphatic carbocycles. The quantitative estimate of drug-likeness (QED) is 0.779. The number of benzene rings is 1. The van der Waals surface area contributed by atoms with Gasteiger partial charge in [0.1, 0.15) is 0 Å². The van der Waals surface area contributed by atoms with Crippen LogP contribution in [-0.4, -0.2) is 0 Å². The normalized spacial score (nSPS) is 15.2. The summed E-state index contributed by atoms with van der Waals surface area (Å²) in [5.41, 5.74) is 10.2. The van der Waals surface area contributed by atoms with Crippen molar-refractivity contribution in [3.8, 4) is 0 Å². The minimum Gasteiger partial charge on any atom is -0.324 e. The van der Waals surface area contributed by atoms with E-state index in [-0.39, 0.29) is 6.04 Å². The summed E-state index contributed by atoms with van der Waals surface area (Å²) >= 11 is 0. The van der Waals surface area contributed by atoms with Crippen LogP contribution in [0.3, 0.4) is 0 Å². The number of nitrogens with two attached hydrogens (primary N) is 1. The van der Waals surface area contributed by atoms with Gasteiger partial charge in [0.05, 0.1) is 0 Å². The molecule has 0 radical (unpaired) electrons. The van der Waals surface area contributed by atoms with Gasteiger partial charge in [-0.2, -0.15) is 0 Å². The molecule has 2 atom stereocenters. The van der Waals surface area contributed by atoms with E-state index in [9.17, 15) is 0 Å². The van der Waals surface area contributed by atoms with Gasteiger partial charge >= 0.3 is 0 Å². The summed E-state index contributed by atoms with van der Waals surface area (Å²) in [5.74, 6) is 0.551. The predicted octanol–water partition coefficient (Wildman–Crippen LogP) is 3.35. The van der Waals surface area contributed by atoms with Gasteiger partial charge in [-0.1, -0.05) is 38.5 Å². The lowest BCUT2D eigenvalue weighted by Gasteiger charge is -2.21. The zero-order valence-electron chi connectivity index (χ0n) is 9.67. The zero-order valence-corrected chi connectivity index (χ0v) is 9.67. The molecule has 1 aromatic carbocycles. The molecule has 2 N–H and O–H groups in total. The fourth-order valence-electron chi connectivity index (χ4n) is 1.70. The van der Waals surface area contributed by atoms with Crippen molar-refractivity contribution in [1.29, 1.82) is 0 Å². The molecule has 14 heavy (non-hydrogen) atoms. The van der Waals surface area contributed by atoms with E-state index < -0.39 is 0 Å². The van der Waals surface area contributed by atoms with Crippen molar-refractivity contribution in [3.63, 3.8) is 0 Å². The van der Waals surface area contributed by atoms with Crippen molar-refractivity contribution in [1.82, 2.24) is 0 Å². The van der Waals surface area contributed by atoms with Crippen LogP contribution in [-0.2, 0) is 0 Å². The Balaban J connectivity index is 3.01. The summed E-state index contributed by atoms with van der Waals surface area (Å²) < 4.78 is 0. The summed E-state index contributed by atoms with van der Waals surface area (Å²) in [6, 6.07) is 6.57. The van der Waals surface area contributed by atoms with Crippen LogP contribution in [0.15, 0.2) is 18.2 Å². The van der Waals surface area contributed by atoms with Gasteiger partial charge < -0.3 is 5.73 Å². The molecule has 0 fully saturated rings. The molecule has 0 bridgehead atoms. The average molecular weight is 191 g/mol. The Kier molecular flexibility index (Phi) is 3.70. The van der Waals surface area contributed by atoms with Crippen LogP contribution >= 0.6 is 0 Å². The smallest absolute Gasteiger partial charge is 0.0323 e. The highest BCUT2D eigenvalue weighted by molar-refractivity contribution is 5.35. The maximum atomic E-state index is 6.22. The van der Waals surface area contributed by atoms with E-state index in [0.29, 0.717) is 5.92 Å². The van der Waals surface area contributed by atoms with Crippen molar-refractivity contribution < 1.29 is 0 Å². The molecule has 1 aromatic rings. The van der Waals surface area contributed by atoms with E-state index >= 15 is 0 Å². The van der Waals surface area contributed by atoms with Crippen LogP contribution in [0.25, 0.3) is 0 Å². The molecular formula is C13H21N. The first kappa shape index (κ1) is 11.3.